The second kappa shape index (κ2) is 3.51. The Kier molecular flexibility index (Phi) is 2.44. The van der Waals surface area contributed by atoms with Crippen LogP contribution in [-0.2, 0) is 19.1 Å². The Morgan fingerprint density at radius 3 is 3.00 bits per heavy atom. The van der Waals surface area contributed by atoms with E-state index >= 15 is 0 Å². The molecule has 0 radical (unpaired) electrons. The normalized spacial score (nSPS) is 38.7. The predicted octanol–water partition coefficient (Wildman–Crippen LogP) is 1.28. The van der Waals surface area contributed by atoms with Crippen molar-refractivity contribution in [3.8, 4) is 0 Å². The molecule has 4 nitrogen and oxygen atoms in total. The SMILES string of the molecule is CCOC(=O)[C@H]1CC[C@@H]2CC(=O)O[C@@]21C. The van der Waals surface area contributed by atoms with Gasteiger partial charge in [-0.1, -0.05) is 0 Å². The van der Waals surface area contributed by atoms with Gasteiger partial charge in [-0.15, -0.1) is 0 Å². The third-order valence-electron chi connectivity index (χ3n) is 3.62. The van der Waals surface area contributed by atoms with Crippen LogP contribution in [0.5, 0.6) is 0 Å². The second-order valence-corrected chi connectivity index (χ2v) is 4.44. The third kappa shape index (κ3) is 1.52. The Morgan fingerprint density at radius 2 is 2.33 bits per heavy atom. The van der Waals surface area contributed by atoms with Crippen molar-refractivity contribution in [1.82, 2.24) is 0 Å². The van der Waals surface area contributed by atoms with Gasteiger partial charge < -0.3 is 9.47 Å². The zero-order valence-electron chi connectivity index (χ0n) is 9.12. The van der Waals surface area contributed by atoms with Crippen molar-refractivity contribution >= 4 is 11.9 Å². The van der Waals surface area contributed by atoms with Gasteiger partial charge in [0.15, 0.2) is 0 Å². The van der Waals surface area contributed by atoms with Crippen LogP contribution in [0.15, 0.2) is 0 Å². The molecular weight excluding hydrogens is 196 g/mol. The highest BCUT2D eigenvalue weighted by atomic mass is 16.6. The number of carbonyl (C=O) groups is 2. The summed E-state index contributed by atoms with van der Waals surface area (Å²) in [5, 5.41) is 0. The Hall–Kier alpha value is -1.06. The maximum atomic E-state index is 11.7. The summed E-state index contributed by atoms with van der Waals surface area (Å²) in [6.07, 6.45) is 2.10. The molecule has 1 saturated carbocycles. The zero-order valence-corrected chi connectivity index (χ0v) is 9.12. The molecule has 0 aromatic rings. The van der Waals surface area contributed by atoms with Crippen LogP contribution in [0.1, 0.15) is 33.1 Å². The second-order valence-electron chi connectivity index (χ2n) is 4.44. The molecule has 1 aliphatic carbocycles. The highest BCUT2D eigenvalue weighted by Crippen LogP contribution is 2.49. The Labute approximate surface area is 88.9 Å². The molecule has 0 N–H and O–H groups in total. The van der Waals surface area contributed by atoms with E-state index in [0.717, 1.165) is 12.8 Å². The first-order chi connectivity index (χ1) is 7.08. The average molecular weight is 212 g/mol. The summed E-state index contributed by atoms with van der Waals surface area (Å²) in [7, 11) is 0. The van der Waals surface area contributed by atoms with Gasteiger partial charge in [-0.25, -0.2) is 0 Å². The lowest BCUT2D eigenvalue weighted by Crippen LogP contribution is -2.39. The van der Waals surface area contributed by atoms with Crippen LogP contribution in [-0.4, -0.2) is 24.1 Å². The summed E-state index contributed by atoms with van der Waals surface area (Å²) in [6, 6.07) is 0. The minimum atomic E-state index is -0.608. The van der Waals surface area contributed by atoms with Crippen LogP contribution in [0.2, 0.25) is 0 Å². The smallest absolute Gasteiger partial charge is 0.312 e. The number of esters is 2. The Morgan fingerprint density at radius 1 is 1.60 bits per heavy atom. The quantitative estimate of drug-likeness (QED) is 0.647. The molecule has 1 heterocycles. The summed E-state index contributed by atoms with van der Waals surface area (Å²) in [6.45, 7) is 4.02. The molecule has 0 amide bonds. The minimum Gasteiger partial charge on any atom is -0.466 e. The van der Waals surface area contributed by atoms with E-state index in [1.54, 1.807) is 6.92 Å². The van der Waals surface area contributed by atoms with Crippen LogP contribution in [0.25, 0.3) is 0 Å². The van der Waals surface area contributed by atoms with Crippen molar-refractivity contribution in [3.05, 3.63) is 0 Å². The van der Waals surface area contributed by atoms with Crippen molar-refractivity contribution < 1.29 is 19.1 Å². The number of hydrogen-bond acceptors (Lipinski definition) is 4. The summed E-state index contributed by atoms with van der Waals surface area (Å²) < 4.78 is 10.3. The number of fused-ring (bicyclic) bond motifs is 1. The van der Waals surface area contributed by atoms with Gasteiger partial charge in [0.25, 0.3) is 0 Å². The lowest BCUT2D eigenvalue weighted by molar-refractivity contribution is -0.163. The molecule has 1 aliphatic heterocycles. The lowest BCUT2D eigenvalue weighted by atomic mass is 9.86. The monoisotopic (exact) mass is 212 g/mol. The first kappa shape index (κ1) is 10.5. The van der Waals surface area contributed by atoms with Crippen LogP contribution >= 0.6 is 0 Å². The molecule has 0 spiro atoms. The van der Waals surface area contributed by atoms with Gasteiger partial charge in [-0.05, 0) is 26.7 Å². The van der Waals surface area contributed by atoms with E-state index < -0.39 is 5.60 Å². The fourth-order valence-electron chi connectivity index (χ4n) is 2.77. The lowest BCUT2D eigenvalue weighted by Gasteiger charge is -2.28. The third-order valence-corrected chi connectivity index (χ3v) is 3.62. The first-order valence-corrected chi connectivity index (χ1v) is 5.46. The highest BCUT2D eigenvalue weighted by Gasteiger charge is 2.57. The number of carbonyl (C=O) groups excluding carboxylic acids is 2. The van der Waals surface area contributed by atoms with E-state index in [1.807, 2.05) is 6.92 Å². The van der Waals surface area contributed by atoms with Crippen molar-refractivity contribution in [2.45, 2.75) is 38.7 Å². The molecule has 1 saturated heterocycles. The Bertz CT molecular complexity index is 299. The minimum absolute atomic E-state index is 0.184. The molecule has 4 heteroatoms. The van der Waals surface area contributed by atoms with E-state index in [4.69, 9.17) is 9.47 Å². The predicted molar refractivity (Wildman–Crippen MR) is 52.0 cm³/mol. The van der Waals surface area contributed by atoms with Gasteiger partial charge in [0, 0.05) is 5.92 Å². The maximum Gasteiger partial charge on any atom is 0.312 e. The fourth-order valence-corrected chi connectivity index (χ4v) is 2.77. The van der Waals surface area contributed by atoms with E-state index in [1.165, 1.54) is 0 Å². The first-order valence-electron chi connectivity index (χ1n) is 5.46. The molecule has 0 bridgehead atoms. The Balaban J connectivity index is 2.15. The number of ether oxygens (including phenoxy) is 2. The largest absolute Gasteiger partial charge is 0.466 e. The van der Waals surface area contributed by atoms with Crippen molar-refractivity contribution in [2.75, 3.05) is 6.61 Å². The van der Waals surface area contributed by atoms with Crippen molar-refractivity contribution in [2.24, 2.45) is 11.8 Å². The van der Waals surface area contributed by atoms with E-state index in [0.29, 0.717) is 13.0 Å². The van der Waals surface area contributed by atoms with Gasteiger partial charge in [-0.3, -0.25) is 9.59 Å². The zero-order chi connectivity index (χ0) is 11.1. The number of hydrogen-bond donors (Lipinski definition) is 0. The van der Waals surface area contributed by atoms with Crippen LogP contribution < -0.4 is 0 Å². The molecular formula is C11H16O4. The molecule has 15 heavy (non-hydrogen) atoms. The fraction of sp³-hybridized carbons (Fsp3) is 0.818. The number of rotatable bonds is 2. The molecule has 2 fully saturated rings. The summed E-state index contributed by atoms with van der Waals surface area (Å²) in [4.78, 5) is 22.9. The maximum absolute atomic E-state index is 11.7. The molecule has 2 rings (SSSR count). The molecule has 2 aliphatic rings. The van der Waals surface area contributed by atoms with Crippen LogP contribution in [0.3, 0.4) is 0 Å². The topological polar surface area (TPSA) is 52.6 Å². The summed E-state index contributed by atoms with van der Waals surface area (Å²) in [5.41, 5.74) is -0.608. The van der Waals surface area contributed by atoms with E-state index in [2.05, 4.69) is 0 Å². The van der Waals surface area contributed by atoms with Crippen LogP contribution in [0.4, 0.5) is 0 Å². The van der Waals surface area contributed by atoms with Gasteiger partial charge in [0.2, 0.25) is 0 Å². The molecule has 0 unspecified atom stereocenters. The van der Waals surface area contributed by atoms with Crippen molar-refractivity contribution in [1.29, 1.82) is 0 Å². The van der Waals surface area contributed by atoms with Crippen molar-refractivity contribution in [3.63, 3.8) is 0 Å². The van der Waals surface area contributed by atoms with E-state index in [9.17, 15) is 9.59 Å². The highest BCUT2D eigenvalue weighted by molar-refractivity contribution is 5.79. The standard InChI is InChI=1S/C11H16O4/c1-3-14-10(13)8-5-4-7-6-9(12)15-11(7,8)2/h7-8H,3-6H2,1-2H3/t7-,8-,11+/m1/s1. The molecule has 84 valence electrons. The van der Waals surface area contributed by atoms with Gasteiger partial charge in [0.05, 0.1) is 18.9 Å². The van der Waals surface area contributed by atoms with Gasteiger partial charge in [0.1, 0.15) is 5.60 Å². The summed E-state index contributed by atoms with van der Waals surface area (Å²) in [5.74, 6) is -0.484. The van der Waals surface area contributed by atoms with Gasteiger partial charge >= 0.3 is 11.9 Å². The molecule has 0 aromatic carbocycles. The molecule has 3 atom stereocenters. The van der Waals surface area contributed by atoms with E-state index in [-0.39, 0.29) is 23.8 Å². The van der Waals surface area contributed by atoms with Crippen LogP contribution in [0, 0.1) is 11.8 Å². The molecule has 0 aromatic heterocycles. The average Bonchev–Trinajstić information content (AvgIpc) is 2.57. The summed E-state index contributed by atoms with van der Waals surface area (Å²) >= 11 is 0. The van der Waals surface area contributed by atoms with Gasteiger partial charge in [-0.2, -0.15) is 0 Å².